The summed E-state index contributed by atoms with van der Waals surface area (Å²) in [5.74, 6) is 1.26. The van der Waals surface area contributed by atoms with Gasteiger partial charge in [-0.25, -0.2) is 4.98 Å². The van der Waals surface area contributed by atoms with Crippen molar-refractivity contribution in [3.8, 4) is 5.75 Å². The van der Waals surface area contributed by atoms with Gasteiger partial charge in [0.2, 0.25) is 0 Å². The predicted octanol–water partition coefficient (Wildman–Crippen LogP) is 4.50. The summed E-state index contributed by atoms with van der Waals surface area (Å²) >= 11 is 6.06. The second-order valence-electron chi connectivity index (χ2n) is 6.29. The lowest BCUT2D eigenvalue weighted by atomic mass is 9.98. The van der Waals surface area contributed by atoms with Gasteiger partial charge in [-0.15, -0.1) is 0 Å². The van der Waals surface area contributed by atoms with Gasteiger partial charge >= 0.3 is 0 Å². The molecule has 6 heteroatoms. The van der Waals surface area contributed by atoms with Crippen LogP contribution in [0.3, 0.4) is 0 Å². The van der Waals surface area contributed by atoms with Crippen molar-refractivity contribution in [3.63, 3.8) is 0 Å². The number of halogens is 1. The van der Waals surface area contributed by atoms with Crippen LogP contribution in [0.5, 0.6) is 5.75 Å². The molecular weight excluding hydrogens is 350 g/mol. The topological polar surface area (TPSA) is 67.0 Å². The van der Waals surface area contributed by atoms with Crippen LogP contribution in [0.15, 0.2) is 48.5 Å². The van der Waals surface area contributed by atoms with Gasteiger partial charge in [0, 0.05) is 0 Å². The van der Waals surface area contributed by atoms with Crippen LogP contribution < -0.4 is 10.1 Å². The number of rotatable bonds is 7. The summed E-state index contributed by atoms with van der Waals surface area (Å²) in [7, 11) is 0. The van der Waals surface area contributed by atoms with Crippen molar-refractivity contribution in [3.05, 3.63) is 59.4 Å². The number of benzene rings is 2. The second kappa shape index (κ2) is 8.23. The van der Waals surface area contributed by atoms with Crippen LogP contribution in [0.4, 0.5) is 0 Å². The highest BCUT2D eigenvalue weighted by atomic mass is 35.5. The molecule has 26 heavy (non-hydrogen) atoms. The molecule has 0 aliphatic rings. The maximum Gasteiger partial charge on any atom is 0.258 e. The summed E-state index contributed by atoms with van der Waals surface area (Å²) < 4.78 is 5.53. The van der Waals surface area contributed by atoms with E-state index in [9.17, 15) is 4.79 Å². The molecule has 136 valence electrons. The monoisotopic (exact) mass is 371 g/mol. The largest absolute Gasteiger partial charge is 0.482 e. The Labute approximate surface area is 157 Å². The van der Waals surface area contributed by atoms with Crippen LogP contribution in [-0.4, -0.2) is 22.5 Å². The van der Waals surface area contributed by atoms with Crippen molar-refractivity contribution in [2.24, 2.45) is 5.92 Å². The predicted molar refractivity (Wildman–Crippen MR) is 103 cm³/mol. The Balaban J connectivity index is 1.72. The first-order valence-corrected chi connectivity index (χ1v) is 9.07. The molecule has 1 heterocycles. The standard InChI is InChI=1S/C20H22ClN3O2/c1-3-13(2)19(20-22-15-9-5-6-10-16(15)23-20)24-18(25)12-26-17-11-7-4-8-14(17)21/h4-11,13,19H,3,12H2,1-2H3,(H,22,23)(H,24,25). The SMILES string of the molecule is CCC(C)C(NC(=O)COc1ccccc1Cl)c1nc2ccccc2[nH]1. The molecule has 2 N–H and O–H groups in total. The quantitative estimate of drug-likeness (QED) is 0.642. The Morgan fingerprint density at radius 3 is 2.69 bits per heavy atom. The number of imidazole rings is 1. The van der Waals surface area contributed by atoms with E-state index in [-0.39, 0.29) is 24.5 Å². The lowest BCUT2D eigenvalue weighted by Gasteiger charge is -2.22. The first kappa shape index (κ1) is 18.3. The molecule has 2 atom stereocenters. The zero-order valence-corrected chi connectivity index (χ0v) is 15.6. The van der Waals surface area contributed by atoms with E-state index in [1.165, 1.54) is 0 Å². The number of carbonyl (C=O) groups excluding carboxylic acids is 1. The minimum Gasteiger partial charge on any atom is -0.482 e. The summed E-state index contributed by atoms with van der Waals surface area (Å²) in [6, 6.07) is 14.7. The fourth-order valence-electron chi connectivity index (χ4n) is 2.76. The number of aromatic amines is 1. The van der Waals surface area contributed by atoms with Crippen molar-refractivity contribution in [2.45, 2.75) is 26.3 Å². The molecule has 0 spiro atoms. The lowest BCUT2D eigenvalue weighted by Crippen LogP contribution is -2.36. The van der Waals surface area contributed by atoms with Crippen molar-refractivity contribution in [1.29, 1.82) is 0 Å². The molecule has 0 saturated heterocycles. The fraction of sp³-hybridized carbons (Fsp3) is 0.300. The summed E-state index contributed by atoms with van der Waals surface area (Å²) in [5.41, 5.74) is 1.84. The smallest absolute Gasteiger partial charge is 0.258 e. The van der Waals surface area contributed by atoms with Gasteiger partial charge in [-0.2, -0.15) is 0 Å². The number of nitrogens with zero attached hydrogens (tertiary/aromatic N) is 1. The molecule has 5 nitrogen and oxygen atoms in total. The van der Waals surface area contributed by atoms with Crippen LogP contribution in [0.25, 0.3) is 11.0 Å². The van der Waals surface area contributed by atoms with Gasteiger partial charge < -0.3 is 15.0 Å². The van der Waals surface area contributed by atoms with Crippen LogP contribution in [0.2, 0.25) is 5.02 Å². The molecule has 0 saturated carbocycles. The van der Waals surface area contributed by atoms with E-state index in [1.54, 1.807) is 12.1 Å². The van der Waals surface area contributed by atoms with Crippen molar-refractivity contribution >= 4 is 28.5 Å². The highest BCUT2D eigenvalue weighted by molar-refractivity contribution is 6.32. The fourth-order valence-corrected chi connectivity index (χ4v) is 2.95. The van der Waals surface area contributed by atoms with E-state index in [1.807, 2.05) is 36.4 Å². The van der Waals surface area contributed by atoms with Crippen LogP contribution in [-0.2, 0) is 4.79 Å². The van der Waals surface area contributed by atoms with Crippen LogP contribution in [0.1, 0.15) is 32.1 Å². The van der Waals surface area contributed by atoms with Gasteiger partial charge in [-0.05, 0) is 30.2 Å². The zero-order chi connectivity index (χ0) is 18.5. The Morgan fingerprint density at radius 1 is 1.23 bits per heavy atom. The number of hydrogen-bond acceptors (Lipinski definition) is 3. The summed E-state index contributed by atoms with van der Waals surface area (Å²) in [5, 5.41) is 3.52. The van der Waals surface area contributed by atoms with Crippen molar-refractivity contribution < 1.29 is 9.53 Å². The molecule has 0 radical (unpaired) electrons. The Hall–Kier alpha value is -2.53. The third-order valence-corrected chi connectivity index (χ3v) is 4.74. The van der Waals surface area contributed by atoms with Crippen molar-refractivity contribution in [2.75, 3.05) is 6.61 Å². The number of nitrogens with one attached hydrogen (secondary N) is 2. The van der Waals surface area contributed by atoms with E-state index in [0.29, 0.717) is 10.8 Å². The number of carbonyl (C=O) groups is 1. The number of aromatic nitrogens is 2. The summed E-state index contributed by atoms with van der Waals surface area (Å²) in [6.07, 6.45) is 0.910. The van der Waals surface area contributed by atoms with Gasteiger partial charge in [0.05, 0.1) is 22.1 Å². The minimum atomic E-state index is -0.213. The summed E-state index contributed by atoms with van der Waals surface area (Å²) in [6.45, 7) is 4.08. The maximum atomic E-state index is 12.4. The normalized spacial score (nSPS) is 13.3. The van der Waals surface area contributed by atoms with E-state index < -0.39 is 0 Å². The number of amides is 1. The average Bonchev–Trinajstić information content (AvgIpc) is 3.08. The molecule has 0 aliphatic heterocycles. The Morgan fingerprint density at radius 2 is 1.96 bits per heavy atom. The van der Waals surface area contributed by atoms with Crippen molar-refractivity contribution in [1.82, 2.24) is 15.3 Å². The molecule has 2 aromatic carbocycles. The molecule has 0 fully saturated rings. The Kier molecular flexibility index (Phi) is 5.78. The molecular formula is C20H22ClN3O2. The summed E-state index contributed by atoms with van der Waals surface area (Å²) in [4.78, 5) is 20.4. The lowest BCUT2D eigenvalue weighted by molar-refractivity contribution is -0.124. The van der Waals surface area contributed by atoms with E-state index in [4.69, 9.17) is 16.3 Å². The molecule has 1 amide bonds. The molecule has 0 bridgehead atoms. The zero-order valence-electron chi connectivity index (χ0n) is 14.8. The molecule has 3 aromatic rings. The van der Waals surface area contributed by atoms with Gasteiger partial charge in [-0.1, -0.05) is 56.1 Å². The van der Waals surface area contributed by atoms with Gasteiger partial charge in [-0.3, -0.25) is 4.79 Å². The first-order chi connectivity index (χ1) is 12.6. The number of ether oxygens (including phenoxy) is 1. The molecule has 1 aromatic heterocycles. The number of hydrogen-bond donors (Lipinski definition) is 2. The minimum absolute atomic E-state index is 0.100. The molecule has 2 unspecified atom stereocenters. The third-order valence-electron chi connectivity index (χ3n) is 4.43. The molecule has 3 rings (SSSR count). The number of H-pyrrole nitrogens is 1. The van der Waals surface area contributed by atoms with Crippen LogP contribution >= 0.6 is 11.6 Å². The van der Waals surface area contributed by atoms with E-state index in [2.05, 4.69) is 29.1 Å². The van der Waals surface area contributed by atoms with Gasteiger partial charge in [0.1, 0.15) is 11.6 Å². The maximum absolute atomic E-state index is 12.4. The Bertz CT molecular complexity index is 860. The van der Waals surface area contributed by atoms with Gasteiger partial charge in [0.15, 0.2) is 6.61 Å². The van der Waals surface area contributed by atoms with E-state index >= 15 is 0 Å². The van der Waals surface area contributed by atoms with Gasteiger partial charge in [0.25, 0.3) is 5.91 Å². The second-order valence-corrected chi connectivity index (χ2v) is 6.70. The molecule has 0 aliphatic carbocycles. The first-order valence-electron chi connectivity index (χ1n) is 8.69. The van der Waals surface area contributed by atoms with Crippen LogP contribution in [0, 0.1) is 5.92 Å². The number of para-hydroxylation sites is 3. The number of fused-ring (bicyclic) bond motifs is 1. The highest BCUT2D eigenvalue weighted by Gasteiger charge is 2.23. The van der Waals surface area contributed by atoms with E-state index in [0.717, 1.165) is 23.3 Å². The highest BCUT2D eigenvalue weighted by Crippen LogP contribution is 2.25. The average molecular weight is 372 g/mol. The third kappa shape index (κ3) is 4.17.